The quantitative estimate of drug-likeness (QED) is 0.216. The van der Waals surface area contributed by atoms with Crippen LogP contribution >= 0.6 is 24.0 Å². The average Bonchev–Trinajstić information content (AvgIpc) is 2.66. The van der Waals surface area contributed by atoms with Gasteiger partial charge in [-0.05, 0) is 38.3 Å². The standard InChI is InChI=1S/C19H29N3O3.HI/c1-3-24-18(23)16-9-7-13-22(15-16)19(20-2)21-12-8-14-25-17-10-5-4-6-11-17;/h4-6,10-11,16H,3,7-9,12-15H2,1-2H3,(H,20,21);1H. The van der Waals surface area contributed by atoms with Crippen molar-refractivity contribution < 1.29 is 14.3 Å². The molecule has 6 nitrogen and oxygen atoms in total. The number of hydrogen-bond donors (Lipinski definition) is 1. The Morgan fingerprint density at radius 3 is 2.81 bits per heavy atom. The van der Waals surface area contributed by atoms with E-state index in [2.05, 4.69) is 15.2 Å². The molecule has 1 aliphatic rings. The summed E-state index contributed by atoms with van der Waals surface area (Å²) in [6, 6.07) is 9.81. The first-order valence-corrected chi connectivity index (χ1v) is 9.04. The van der Waals surface area contributed by atoms with Gasteiger partial charge in [0.05, 0.1) is 19.1 Å². The van der Waals surface area contributed by atoms with E-state index in [9.17, 15) is 4.79 Å². The summed E-state index contributed by atoms with van der Waals surface area (Å²) in [5.41, 5.74) is 0. The number of esters is 1. The number of carbonyl (C=O) groups excluding carboxylic acids is 1. The predicted molar refractivity (Wildman–Crippen MR) is 114 cm³/mol. The number of rotatable bonds is 7. The summed E-state index contributed by atoms with van der Waals surface area (Å²) in [5, 5.41) is 3.36. The maximum atomic E-state index is 12.0. The fourth-order valence-corrected chi connectivity index (χ4v) is 2.93. The van der Waals surface area contributed by atoms with E-state index in [1.807, 2.05) is 37.3 Å². The van der Waals surface area contributed by atoms with Crippen molar-refractivity contribution in [2.45, 2.75) is 26.2 Å². The molecule has 0 radical (unpaired) electrons. The largest absolute Gasteiger partial charge is 0.494 e. The number of nitrogens with one attached hydrogen (secondary N) is 1. The average molecular weight is 475 g/mol. The second-order valence-corrected chi connectivity index (χ2v) is 6.03. The number of aliphatic imine (C=N–C) groups is 1. The van der Waals surface area contributed by atoms with E-state index >= 15 is 0 Å². The zero-order chi connectivity index (χ0) is 17.9. The van der Waals surface area contributed by atoms with E-state index in [0.717, 1.165) is 44.1 Å². The number of benzene rings is 1. The minimum absolute atomic E-state index is 0. The zero-order valence-corrected chi connectivity index (χ0v) is 18.0. The summed E-state index contributed by atoms with van der Waals surface area (Å²) >= 11 is 0. The third kappa shape index (κ3) is 7.39. The minimum atomic E-state index is -0.0982. The molecule has 0 aliphatic carbocycles. The number of para-hydroxylation sites is 1. The maximum Gasteiger partial charge on any atom is 0.310 e. The molecule has 1 N–H and O–H groups in total. The van der Waals surface area contributed by atoms with E-state index in [1.165, 1.54) is 0 Å². The summed E-state index contributed by atoms with van der Waals surface area (Å²) in [6.07, 6.45) is 2.74. The van der Waals surface area contributed by atoms with E-state index in [4.69, 9.17) is 9.47 Å². The second-order valence-electron chi connectivity index (χ2n) is 6.03. The molecule has 1 heterocycles. The Morgan fingerprint density at radius 1 is 1.35 bits per heavy atom. The molecule has 0 amide bonds. The highest BCUT2D eigenvalue weighted by molar-refractivity contribution is 14.0. The van der Waals surface area contributed by atoms with Gasteiger partial charge < -0.3 is 19.7 Å². The number of piperidine rings is 1. The van der Waals surface area contributed by atoms with Crippen LogP contribution in [0.1, 0.15) is 26.2 Å². The lowest BCUT2D eigenvalue weighted by atomic mass is 9.98. The molecule has 1 aliphatic heterocycles. The molecule has 1 saturated heterocycles. The fraction of sp³-hybridized carbons (Fsp3) is 0.579. The Morgan fingerprint density at radius 2 is 2.12 bits per heavy atom. The molecule has 0 spiro atoms. The molecule has 1 fully saturated rings. The highest BCUT2D eigenvalue weighted by atomic mass is 127. The van der Waals surface area contributed by atoms with Crippen LogP contribution in [0.25, 0.3) is 0 Å². The first-order valence-electron chi connectivity index (χ1n) is 9.04. The van der Waals surface area contributed by atoms with Crippen LogP contribution in [0.5, 0.6) is 5.75 Å². The summed E-state index contributed by atoms with van der Waals surface area (Å²) in [6.45, 7) is 5.29. The molecular formula is C19H30IN3O3. The van der Waals surface area contributed by atoms with Crippen LogP contribution in [0, 0.1) is 5.92 Å². The van der Waals surface area contributed by atoms with Gasteiger partial charge in [-0.15, -0.1) is 24.0 Å². The molecule has 1 aromatic carbocycles. The van der Waals surface area contributed by atoms with Crippen LogP contribution in [0.3, 0.4) is 0 Å². The predicted octanol–water partition coefficient (Wildman–Crippen LogP) is 2.92. The Bertz CT molecular complexity index is 554. The zero-order valence-electron chi connectivity index (χ0n) is 15.6. The van der Waals surface area contributed by atoms with Crippen LogP contribution in [-0.4, -0.2) is 56.7 Å². The van der Waals surface area contributed by atoms with Crippen LogP contribution in [0.2, 0.25) is 0 Å². The van der Waals surface area contributed by atoms with Gasteiger partial charge in [-0.3, -0.25) is 9.79 Å². The van der Waals surface area contributed by atoms with Crippen molar-refractivity contribution in [1.29, 1.82) is 0 Å². The molecule has 1 unspecified atom stereocenters. The molecule has 2 rings (SSSR count). The van der Waals surface area contributed by atoms with E-state index in [0.29, 0.717) is 19.8 Å². The van der Waals surface area contributed by atoms with E-state index in [-0.39, 0.29) is 35.9 Å². The van der Waals surface area contributed by atoms with Gasteiger partial charge in [-0.2, -0.15) is 0 Å². The van der Waals surface area contributed by atoms with Crippen LogP contribution in [-0.2, 0) is 9.53 Å². The summed E-state index contributed by atoms with van der Waals surface area (Å²) in [7, 11) is 1.77. The Kier molecular flexibility index (Phi) is 11.1. The number of nitrogens with zero attached hydrogens (tertiary/aromatic N) is 2. The van der Waals surface area contributed by atoms with Crippen molar-refractivity contribution in [2.24, 2.45) is 10.9 Å². The Balaban J connectivity index is 0.00000338. The topological polar surface area (TPSA) is 63.2 Å². The molecule has 26 heavy (non-hydrogen) atoms. The van der Waals surface area contributed by atoms with Gasteiger partial charge >= 0.3 is 5.97 Å². The van der Waals surface area contributed by atoms with Crippen molar-refractivity contribution in [3.8, 4) is 5.75 Å². The number of carbonyl (C=O) groups is 1. The number of ether oxygens (including phenoxy) is 2. The van der Waals surface area contributed by atoms with Crippen LogP contribution in [0.4, 0.5) is 0 Å². The van der Waals surface area contributed by atoms with Crippen molar-refractivity contribution in [3.63, 3.8) is 0 Å². The normalized spacial score (nSPS) is 17.2. The lowest BCUT2D eigenvalue weighted by Crippen LogP contribution is -2.48. The van der Waals surface area contributed by atoms with E-state index < -0.39 is 0 Å². The Labute approximate surface area is 173 Å². The highest BCUT2D eigenvalue weighted by Crippen LogP contribution is 2.18. The second kappa shape index (κ2) is 12.8. The van der Waals surface area contributed by atoms with Gasteiger partial charge in [0.1, 0.15) is 5.75 Å². The first-order chi connectivity index (χ1) is 12.2. The molecule has 1 aromatic rings. The van der Waals surface area contributed by atoms with Crippen molar-refractivity contribution >= 4 is 35.9 Å². The van der Waals surface area contributed by atoms with Crippen molar-refractivity contribution in [1.82, 2.24) is 10.2 Å². The number of likely N-dealkylation sites (tertiary alicyclic amines) is 1. The number of halogens is 1. The molecule has 146 valence electrons. The minimum Gasteiger partial charge on any atom is -0.494 e. The van der Waals surface area contributed by atoms with Crippen LogP contribution in [0.15, 0.2) is 35.3 Å². The van der Waals surface area contributed by atoms with Crippen molar-refractivity contribution in [3.05, 3.63) is 30.3 Å². The molecule has 0 saturated carbocycles. The first kappa shape index (κ1) is 22.5. The van der Waals surface area contributed by atoms with Crippen molar-refractivity contribution in [2.75, 3.05) is 39.9 Å². The molecule has 7 heteroatoms. The summed E-state index contributed by atoms with van der Waals surface area (Å²) in [4.78, 5) is 18.5. The van der Waals surface area contributed by atoms with Crippen LogP contribution < -0.4 is 10.1 Å². The van der Waals surface area contributed by atoms with E-state index in [1.54, 1.807) is 7.05 Å². The summed E-state index contributed by atoms with van der Waals surface area (Å²) < 4.78 is 10.8. The number of guanidine groups is 1. The van der Waals surface area contributed by atoms with Gasteiger partial charge in [-0.1, -0.05) is 18.2 Å². The SMILES string of the molecule is CCOC(=O)C1CCCN(C(=NC)NCCCOc2ccccc2)C1.I. The number of hydrogen-bond acceptors (Lipinski definition) is 4. The molecule has 1 atom stereocenters. The lowest BCUT2D eigenvalue weighted by molar-refractivity contribution is -0.149. The van der Waals surface area contributed by atoms with Gasteiger partial charge in [0, 0.05) is 26.7 Å². The maximum absolute atomic E-state index is 12.0. The highest BCUT2D eigenvalue weighted by Gasteiger charge is 2.28. The molecular weight excluding hydrogens is 445 g/mol. The van der Waals surface area contributed by atoms with Gasteiger partial charge in [0.2, 0.25) is 0 Å². The third-order valence-corrected chi connectivity index (χ3v) is 4.17. The monoisotopic (exact) mass is 475 g/mol. The smallest absolute Gasteiger partial charge is 0.310 e. The van der Waals surface area contributed by atoms with Gasteiger partial charge in [-0.25, -0.2) is 0 Å². The Hall–Kier alpha value is -1.51. The summed E-state index contributed by atoms with van der Waals surface area (Å²) in [5.74, 6) is 1.57. The van der Waals surface area contributed by atoms with Gasteiger partial charge in [0.25, 0.3) is 0 Å². The molecule has 0 aromatic heterocycles. The van der Waals surface area contributed by atoms with Gasteiger partial charge in [0.15, 0.2) is 5.96 Å². The fourth-order valence-electron chi connectivity index (χ4n) is 2.93. The molecule has 0 bridgehead atoms. The third-order valence-electron chi connectivity index (χ3n) is 4.17. The lowest BCUT2D eigenvalue weighted by Gasteiger charge is -2.33.